The molecule has 0 aliphatic rings. The zero-order valence-electron chi connectivity index (χ0n) is 16.8. The van der Waals surface area contributed by atoms with Crippen LogP contribution in [0.1, 0.15) is 64.9 Å². The summed E-state index contributed by atoms with van der Waals surface area (Å²) in [7, 11) is -3.95. The van der Waals surface area contributed by atoms with Crippen LogP contribution >= 0.6 is 0 Å². The third kappa shape index (κ3) is 10.7. The summed E-state index contributed by atoms with van der Waals surface area (Å²) in [6.45, 7) is 6.44. The van der Waals surface area contributed by atoms with E-state index < -0.39 is 22.2 Å². The van der Waals surface area contributed by atoms with Gasteiger partial charge in [-0.2, -0.15) is 8.42 Å². The Morgan fingerprint density at radius 2 is 1.52 bits per heavy atom. The van der Waals surface area contributed by atoms with Crippen molar-refractivity contribution in [2.24, 2.45) is 0 Å². The monoisotopic (exact) mass is 402 g/mol. The van der Waals surface area contributed by atoms with Crippen molar-refractivity contribution in [3.8, 4) is 5.75 Å². The Hall–Kier alpha value is -1.15. The topological polar surface area (TPSA) is 71.1 Å². The minimum atomic E-state index is -3.95. The van der Waals surface area contributed by atoms with E-state index in [1.165, 1.54) is 25.7 Å². The van der Waals surface area contributed by atoms with Crippen molar-refractivity contribution in [3.05, 3.63) is 29.8 Å². The predicted octanol–water partition coefficient (Wildman–Crippen LogP) is 4.63. The highest BCUT2D eigenvalue weighted by Gasteiger charge is 2.23. The van der Waals surface area contributed by atoms with E-state index in [4.69, 9.17) is 18.7 Å². The number of rotatable bonds is 16. The summed E-state index contributed by atoms with van der Waals surface area (Å²) in [5.41, 5.74) is 0.939. The van der Waals surface area contributed by atoms with E-state index in [1.807, 2.05) is 12.1 Å². The Morgan fingerprint density at radius 3 is 2.19 bits per heavy atom. The molecule has 0 aliphatic heterocycles. The molecular formula is C20H34O6S. The van der Waals surface area contributed by atoms with Gasteiger partial charge in [0.25, 0.3) is 0 Å². The van der Waals surface area contributed by atoms with E-state index in [1.54, 1.807) is 26.0 Å². The van der Waals surface area contributed by atoms with Crippen LogP contribution < -0.4 is 4.89 Å². The SMILES string of the molecule is CCCCCCCCc1ccccc1OOS(=O)(=O)CC(OCC)OCC. The second-order valence-electron chi connectivity index (χ2n) is 6.34. The first-order chi connectivity index (χ1) is 13.0. The second kappa shape index (κ2) is 13.9. The highest BCUT2D eigenvalue weighted by molar-refractivity contribution is 7.86. The molecule has 27 heavy (non-hydrogen) atoms. The van der Waals surface area contributed by atoms with E-state index in [2.05, 4.69) is 6.92 Å². The average molecular weight is 403 g/mol. The van der Waals surface area contributed by atoms with Crippen molar-refractivity contribution in [1.29, 1.82) is 0 Å². The van der Waals surface area contributed by atoms with Gasteiger partial charge in [-0.15, -0.1) is 0 Å². The van der Waals surface area contributed by atoms with Crippen molar-refractivity contribution < 1.29 is 27.1 Å². The van der Waals surface area contributed by atoms with Crippen LogP contribution in [-0.4, -0.2) is 33.7 Å². The Morgan fingerprint density at radius 1 is 0.889 bits per heavy atom. The van der Waals surface area contributed by atoms with Crippen molar-refractivity contribution in [3.63, 3.8) is 0 Å². The quantitative estimate of drug-likeness (QED) is 0.174. The van der Waals surface area contributed by atoms with Gasteiger partial charge in [-0.1, -0.05) is 61.6 Å². The number of hydrogen-bond acceptors (Lipinski definition) is 6. The molecule has 0 amide bonds. The minimum Gasteiger partial charge on any atom is -0.352 e. The van der Waals surface area contributed by atoms with E-state index >= 15 is 0 Å². The Kier molecular flexibility index (Phi) is 12.3. The normalized spacial score (nSPS) is 11.9. The van der Waals surface area contributed by atoms with E-state index in [9.17, 15) is 8.42 Å². The summed E-state index contributed by atoms with van der Waals surface area (Å²) in [6, 6.07) is 7.35. The van der Waals surface area contributed by atoms with Gasteiger partial charge in [0.15, 0.2) is 12.0 Å². The predicted molar refractivity (Wildman–Crippen MR) is 106 cm³/mol. The lowest BCUT2D eigenvalue weighted by Crippen LogP contribution is -2.29. The van der Waals surface area contributed by atoms with Crippen LogP contribution in [0.15, 0.2) is 24.3 Å². The maximum atomic E-state index is 12.1. The molecule has 0 aromatic heterocycles. The fraction of sp³-hybridized carbons (Fsp3) is 0.700. The summed E-state index contributed by atoms with van der Waals surface area (Å²) in [4.78, 5) is 5.16. The van der Waals surface area contributed by atoms with Crippen LogP contribution in [0.4, 0.5) is 0 Å². The summed E-state index contributed by atoms with van der Waals surface area (Å²) in [5.74, 6) is 0.00729. The molecular weight excluding hydrogens is 368 g/mol. The molecule has 0 aliphatic carbocycles. The molecule has 1 rings (SSSR count). The van der Waals surface area contributed by atoms with Crippen LogP contribution in [0.3, 0.4) is 0 Å². The van der Waals surface area contributed by atoms with Crippen LogP contribution in [0.5, 0.6) is 5.75 Å². The number of ether oxygens (including phenoxy) is 2. The Bertz CT molecular complexity index is 596. The third-order valence-corrected chi connectivity index (χ3v) is 5.00. The fourth-order valence-corrected chi connectivity index (χ4v) is 3.44. The van der Waals surface area contributed by atoms with Gasteiger partial charge in [-0.05, 0) is 38.3 Å². The number of unbranched alkanes of at least 4 members (excludes halogenated alkanes) is 5. The van der Waals surface area contributed by atoms with Crippen LogP contribution in [-0.2, 0) is 30.3 Å². The van der Waals surface area contributed by atoms with Crippen molar-refractivity contribution in [2.45, 2.75) is 72.0 Å². The summed E-state index contributed by atoms with van der Waals surface area (Å²) in [5, 5.41) is 0. The zero-order valence-corrected chi connectivity index (χ0v) is 17.6. The third-order valence-electron chi connectivity index (χ3n) is 4.05. The Labute approximate surface area is 164 Å². The number of benzene rings is 1. The second-order valence-corrected chi connectivity index (χ2v) is 7.93. The molecule has 0 N–H and O–H groups in total. The van der Waals surface area contributed by atoms with Gasteiger partial charge in [0.2, 0.25) is 0 Å². The number of hydrogen-bond donors (Lipinski definition) is 0. The van der Waals surface area contributed by atoms with Crippen LogP contribution in [0, 0.1) is 0 Å². The molecule has 6 nitrogen and oxygen atoms in total. The molecule has 0 bridgehead atoms. The van der Waals surface area contributed by atoms with Gasteiger partial charge in [-0.3, -0.25) is 0 Å². The zero-order chi connectivity index (χ0) is 20.0. The maximum absolute atomic E-state index is 12.1. The summed E-state index contributed by atoms with van der Waals surface area (Å²) < 4.78 is 39.5. The van der Waals surface area contributed by atoms with Gasteiger partial charge < -0.3 is 14.4 Å². The standard InChI is InChI=1S/C20H34O6S/c1-4-7-8-9-10-11-14-18-15-12-13-16-19(18)25-26-27(21,22)17-20(23-5-2)24-6-3/h12-13,15-16,20H,4-11,14,17H2,1-3H3. The summed E-state index contributed by atoms with van der Waals surface area (Å²) in [6.07, 6.45) is 7.13. The molecule has 1 aromatic carbocycles. The van der Waals surface area contributed by atoms with Gasteiger partial charge >= 0.3 is 10.1 Å². The summed E-state index contributed by atoms with van der Waals surface area (Å²) >= 11 is 0. The highest BCUT2D eigenvalue weighted by atomic mass is 32.2. The molecule has 156 valence electrons. The average Bonchev–Trinajstić information content (AvgIpc) is 2.64. The molecule has 1 aromatic rings. The molecule has 0 saturated heterocycles. The number of para-hydroxylation sites is 1. The highest BCUT2D eigenvalue weighted by Crippen LogP contribution is 2.22. The molecule has 0 radical (unpaired) electrons. The minimum absolute atomic E-state index is 0.349. The smallest absolute Gasteiger partial charge is 0.308 e. The largest absolute Gasteiger partial charge is 0.352 e. The molecule has 0 fully saturated rings. The van der Waals surface area contributed by atoms with E-state index in [-0.39, 0.29) is 0 Å². The first-order valence-corrected chi connectivity index (χ1v) is 11.5. The van der Waals surface area contributed by atoms with Gasteiger partial charge in [0.05, 0.1) is 0 Å². The molecule has 7 heteroatoms. The lowest BCUT2D eigenvalue weighted by Gasteiger charge is -2.16. The Balaban J connectivity index is 2.53. The van der Waals surface area contributed by atoms with Crippen LogP contribution in [0.2, 0.25) is 0 Å². The lowest BCUT2D eigenvalue weighted by atomic mass is 10.0. The van der Waals surface area contributed by atoms with Gasteiger partial charge in [0, 0.05) is 13.2 Å². The molecule has 0 unspecified atom stereocenters. The maximum Gasteiger partial charge on any atom is 0.308 e. The first kappa shape index (κ1) is 23.9. The van der Waals surface area contributed by atoms with E-state index in [0.29, 0.717) is 19.0 Å². The van der Waals surface area contributed by atoms with Crippen molar-refractivity contribution in [1.82, 2.24) is 0 Å². The molecule has 0 atom stereocenters. The van der Waals surface area contributed by atoms with Crippen LogP contribution in [0.25, 0.3) is 0 Å². The fourth-order valence-electron chi connectivity index (χ4n) is 2.69. The van der Waals surface area contributed by atoms with Gasteiger partial charge in [0.1, 0.15) is 5.75 Å². The van der Waals surface area contributed by atoms with Crippen molar-refractivity contribution >= 4 is 10.1 Å². The lowest BCUT2D eigenvalue weighted by molar-refractivity contribution is -0.129. The molecule has 0 saturated carbocycles. The molecule has 0 spiro atoms. The molecule has 0 heterocycles. The van der Waals surface area contributed by atoms with Gasteiger partial charge in [-0.25, -0.2) is 0 Å². The first-order valence-electron chi connectivity index (χ1n) is 9.92. The van der Waals surface area contributed by atoms with Crippen molar-refractivity contribution in [2.75, 3.05) is 19.0 Å². The number of aryl methyl sites for hydroxylation is 1. The van der Waals surface area contributed by atoms with E-state index in [0.717, 1.165) is 24.8 Å².